The Labute approximate surface area is 142 Å². The maximum Gasteiger partial charge on any atom is 0.335 e. The van der Waals surface area contributed by atoms with Crippen molar-refractivity contribution in [3.8, 4) is 17.2 Å². The van der Waals surface area contributed by atoms with Gasteiger partial charge >= 0.3 is 5.97 Å². The molecule has 2 rings (SSSR count). The second kappa shape index (κ2) is 8.43. The summed E-state index contributed by atoms with van der Waals surface area (Å²) < 4.78 is 17.6. The van der Waals surface area contributed by atoms with Crippen LogP contribution in [0, 0.1) is 0 Å². The lowest BCUT2D eigenvalue weighted by atomic mass is 10.2. The fourth-order valence-electron chi connectivity index (χ4n) is 1.87. The van der Waals surface area contributed by atoms with Gasteiger partial charge in [-0.15, -0.1) is 0 Å². The van der Waals surface area contributed by atoms with E-state index in [9.17, 15) is 4.79 Å². The van der Waals surface area contributed by atoms with Gasteiger partial charge in [0, 0.05) is 4.47 Å². The van der Waals surface area contributed by atoms with Crippen molar-refractivity contribution in [1.29, 1.82) is 0 Å². The molecule has 0 heterocycles. The summed E-state index contributed by atoms with van der Waals surface area (Å²) in [7, 11) is 0. The van der Waals surface area contributed by atoms with E-state index in [-0.39, 0.29) is 5.56 Å². The summed E-state index contributed by atoms with van der Waals surface area (Å²) >= 11 is 3.39. The van der Waals surface area contributed by atoms with Gasteiger partial charge < -0.3 is 19.3 Å². The average molecular weight is 381 g/mol. The van der Waals surface area contributed by atoms with Crippen molar-refractivity contribution in [2.75, 3.05) is 19.8 Å². The van der Waals surface area contributed by atoms with Gasteiger partial charge in [0.05, 0.1) is 12.2 Å². The molecule has 0 unspecified atom stereocenters. The molecule has 23 heavy (non-hydrogen) atoms. The highest BCUT2D eigenvalue weighted by molar-refractivity contribution is 9.10. The van der Waals surface area contributed by atoms with Gasteiger partial charge in [0.15, 0.2) is 11.5 Å². The first-order chi connectivity index (χ1) is 11.1. The van der Waals surface area contributed by atoms with Crippen LogP contribution in [0.3, 0.4) is 0 Å². The molecule has 1 N–H and O–H groups in total. The van der Waals surface area contributed by atoms with E-state index in [1.54, 1.807) is 12.1 Å². The monoisotopic (exact) mass is 380 g/mol. The van der Waals surface area contributed by atoms with Crippen LogP contribution in [0.2, 0.25) is 0 Å². The van der Waals surface area contributed by atoms with Gasteiger partial charge in [-0.3, -0.25) is 0 Å². The smallest absolute Gasteiger partial charge is 0.335 e. The van der Waals surface area contributed by atoms with Crippen LogP contribution in [0.5, 0.6) is 17.2 Å². The summed E-state index contributed by atoms with van der Waals surface area (Å²) in [5.41, 5.74) is 0.227. The third-order valence-electron chi connectivity index (χ3n) is 2.92. The molecule has 0 aliphatic heterocycles. The zero-order valence-electron chi connectivity index (χ0n) is 12.6. The van der Waals surface area contributed by atoms with Crippen LogP contribution in [0.25, 0.3) is 0 Å². The summed E-state index contributed by atoms with van der Waals surface area (Å²) in [5, 5.41) is 8.83. The highest BCUT2D eigenvalue weighted by Crippen LogP contribution is 2.30. The largest absolute Gasteiger partial charge is 0.490 e. The SMILES string of the molecule is CCOc1cc(Br)ccc1OCCOc1ccc(C(=O)O)cc1. The van der Waals surface area contributed by atoms with Crippen molar-refractivity contribution in [3.05, 3.63) is 52.5 Å². The summed E-state index contributed by atoms with van der Waals surface area (Å²) in [5.74, 6) is 0.963. The Bertz CT molecular complexity index is 655. The first-order valence-corrected chi connectivity index (χ1v) is 7.90. The molecule has 0 aliphatic carbocycles. The highest BCUT2D eigenvalue weighted by Gasteiger charge is 2.06. The van der Waals surface area contributed by atoms with Crippen molar-refractivity contribution >= 4 is 21.9 Å². The molecule has 0 aliphatic rings. The number of carbonyl (C=O) groups is 1. The third kappa shape index (κ3) is 5.17. The molecule has 0 bridgehead atoms. The zero-order chi connectivity index (χ0) is 16.7. The quantitative estimate of drug-likeness (QED) is 0.701. The molecule has 122 valence electrons. The van der Waals surface area contributed by atoms with Crippen LogP contribution >= 0.6 is 15.9 Å². The standard InChI is InChI=1S/C17H17BrO5/c1-2-21-16-11-13(18)5-8-15(16)23-10-9-22-14-6-3-12(4-7-14)17(19)20/h3-8,11H,2,9-10H2,1H3,(H,19,20). The molecule has 0 atom stereocenters. The van der Waals surface area contributed by atoms with E-state index in [0.29, 0.717) is 37.1 Å². The third-order valence-corrected chi connectivity index (χ3v) is 3.41. The first-order valence-electron chi connectivity index (χ1n) is 7.11. The molecule has 0 spiro atoms. The van der Waals surface area contributed by atoms with Crippen LogP contribution in [0.4, 0.5) is 0 Å². The van der Waals surface area contributed by atoms with E-state index >= 15 is 0 Å². The normalized spacial score (nSPS) is 10.2. The van der Waals surface area contributed by atoms with E-state index < -0.39 is 5.97 Å². The number of hydrogen-bond acceptors (Lipinski definition) is 4. The van der Waals surface area contributed by atoms with Gasteiger partial charge in [0.25, 0.3) is 0 Å². The summed E-state index contributed by atoms with van der Waals surface area (Å²) in [6.07, 6.45) is 0. The Kier molecular flexibility index (Phi) is 6.29. The van der Waals surface area contributed by atoms with Crippen LogP contribution in [-0.2, 0) is 0 Å². The van der Waals surface area contributed by atoms with Crippen molar-refractivity contribution in [1.82, 2.24) is 0 Å². The molecule has 0 saturated heterocycles. The second-order valence-electron chi connectivity index (χ2n) is 4.55. The van der Waals surface area contributed by atoms with Crippen LogP contribution in [-0.4, -0.2) is 30.9 Å². The first kappa shape index (κ1) is 17.1. The number of aromatic carboxylic acids is 1. The van der Waals surface area contributed by atoms with Crippen LogP contribution in [0.1, 0.15) is 17.3 Å². The number of rotatable bonds is 8. The molecule has 2 aromatic rings. The van der Waals surface area contributed by atoms with Crippen molar-refractivity contribution in [3.63, 3.8) is 0 Å². The minimum atomic E-state index is -0.960. The van der Waals surface area contributed by atoms with Crippen molar-refractivity contribution < 1.29 is 24.1 Å². The minimum Gasteiger partial charge on any atom is -0.490 e. The summed E-state index contributed by atoms with van der Waals surface area (Å²) in [6, 6.07) is 11.8. The summed E-state index contributed by atoms with van der Waals surface area (Å²) in [4.78, 5) is 10.8. The molecule has 0 saturated carbocycles. The number of hydrogen-bond donors (Lipinski definition) is 1. The second-order valence-corrected chi connectivity index (χ2v) is 5.47. The van der Waals surface area contributed by atoms with Gasteiger partial charge in [0.1, 0.15) is 19.0 Å². The lowest BCUT2D eigenvalue weighted by molar-refractivity contribution is 0.0697. The van der Waals surface area contributed by atoms with E-state index in [2.05, 4.69) is 15.9 Å². The number of carboxylic acids is 1. The lowest BCUT2D eigenvalue weighted by Crippen LogP contribution is -2.10. The van der Waals surface area contributed by atoms with Gasteiger partial charge in [-0.2, -0.15) is 0 Å². The van der Waals surface area contributed by atoms with Gasteiger partial charge in [-0.25, -0.2) is 4.79 Å². The van der Waals surface area contributed by atoms with Crippen LogP contribution < -0.4 is 14.2 Å². The van der Waals surface area contributed by atoms with Gasteiger partial charge in [0.2, 0.25) is 0 Å². The Morgan fingerprint density at radius 1 is 1.00 bits per heavy atom. The summed E-state index contributed by atoms with van der Waals surface area (Å²) in [6.45, 7) is 3.16. The molecule has 0 radical (unpaired) electrons. The molecule has 0 amide bonds. The Morgan fingerprint density at radius 3 is 2.35 bits per heavy atom. The van der Waals surface area contributed by atoms with Crippen molar-refractivity contribution in [2.24, 2.45) is 0 Å². The predicted molar refractivity (Wildman–Crippen MR) is 89.7 cm³/mol. The fourth-order valence-corrected chi connectivity index (χ4v) is 2.21. The Morgan fingerprint density at radius 2 is 1.70 bits per heavy atom. The molecule has 2 aromatic carbocycles. The molecule has 6 heteroatoms. The molecular formula is C17H17BrO5. The predicted octanol–water partition coefficient (Wildman–Crippen LogP) is 4.00. The topological polar surface area (TPSA) is 65.0 Å². The fraction of sp³-hybridized carbons (Fsp3) is 0.235. The minimum absolute atomic E-state index is 0.227. The number of benzene rings is 2. The van der Waals surface area contributed by atoms with Gasteiger partial charge in [-0.05, 0) is 49.4 Å². The molecule has 0 fully saturated rings. The van der Waals surface area contributed by atoms with Crippen LogP contribution in [0.15, 0.2) is 46.9 Å². The number of ether oxygens (including phenoxy) is 3. The maximum absolute atomic E-state index is 10.8. The maximum atomic E-state index is 10.8. The number of halogens is 1. The van der Waals surface area contributed by atoms with E-state index in [1.165, 1.54) is 12.1 Å². The van der Waals surface area contributed by atoms with E-state index in [1.807, 2.05) is 25.1 Å². The Hall–Kier alpha value is -2.21. The molecule has 5 nitrogen and oxygen atoms in total. The lowest BCUT2D eigenvalue weighted by Gasteiger charge is -2.12. The Balaban J connectivity index is 1.84. The van der Waals surface area contributed by atoms with Crippen molar-refractivity contribution in [2.45, 2.75) is 6.92 Å². The highest BCUT2D eigenvalue weighted by atomic mass is 79.9. The zero-order valence-corrected chi connectivity index (χ0v) is 14.2. The van der Waals surface area contributed by atoms with E-state index in [4.69, 9.17) is 19.3 Å². The van der Waals surface area contributed by atoms with E-state index in [0.717, 1.165) is 4.47 Å². The molecule has 0 aromatic heterocycles. The van der Waals surface area contributed by atoms with Gasteiger partial charge in [-0.1, -0.05) is 15.9 Å². The number of carboxylic acid groups (broad SMARTS) is 1. The molecular weight excluding hydrogens is 364 g/mol. The average Bonchev–Trinajstić information content (AvgIpc) is 2.54.